The van der Waals surface area contributed by atoms with Gasteiger partial charge in [0.05, 0.1) is 15.0 Å². The number of nitrogens with two attached hydrogens (primary N) is 1. The van der Waals surface area contributed by atoms with E-state index in [1.807, 2.05) is 18.7 Å². The maximum absolute atomic E-state index is 6.11. The van der Waals surface area contributed by atoms with E-state index in [1.165, 1.54) is 0 Å². The van der Waals surface area contributed by atoms with Gasteiger partial charge >= 0.3 is 0 Å². The summed E-state index contributed by atoms with van der Waals surface area (Å²) in [7, 11) is 0. The van der Waals surface area contributed by atoms with Gasteiger partial charge in [-0.1, -0.05) is 42.3 Å². The van der Waals surface area contributed by atoms with Crippen molar-refractivity contribution in [2.45, 2.75) is 13.8 Å². The van der Waals surface area contributed by atoms with Crippen LogP contribution in [-0.4, -0.2) is 23.1 Å². The minimum absolute atomic E-state index is 0.110. The smallest absolute Gasteiger partial charge is 0.147 e. The number of pyridine rings is 1. The maximum Gasteiger partial charge on any atom is 0.147 e. The molecule has 0 radical (unpaired) electrons. The predicted octanol–water partition coefficient (Wildman–Crippen LogP) is 3.14. The summed E-state index contributed by atoms with van der Waals surface area (Å²) >= 11 is 16.9. The summed E-state index contributed by atoms with van der Waals surface area (Å²) in [6.45, 7) is 5.48. The Kier molecular flexibility index (Phi) is 5.43. The van der Waals surface area contributed by atoms with Gasteiger partial charge in [-0.3, -0.25) is 0 Å². The van der Waals surface area contributed by atoms with Gasteiger partial charge in [-0.25, -0.2) is 4.98 Å². The lowest BCUT2D eigenvalue weighted by atomic mass is 10.1. The second kappa shape index (κ2) is 6.38. The first kappa shape index (κ1) is 14.5. The molecule has 17 heavy (non-hydrogen) atoms. The van der Waals surface area contributed by atoms with Crippen LogP contribution in [0.1, 0.15) is 13.8 Å². The van der Waals surface area contributed by atoms with Crippen molar-refractivity contribution in [1.82, 2.24) is 4.98 Å². The molecule has 94 valence electrons. The summed E-state index contributed by atoms with van der Waals surface area (Å²) in [5.74, 6) is 0.820. The van der Waals surface area contributed by atoms with E-state index in [0.29, 0.717) is 27.4 Å². The summed E-state index contributed by atoms with van der Waals surface area (Å²) in [5.41, 5.74) is 5.61. The fourth-order valence-corrected chi connectivity index (χ4v) is 2.00. The molecule has 1 unspecified atom stereocenters. The molecule has 0 aromatic carbocycles. The Morgan fingerprint density at radius 2 is 2.24 bits per heavy atom. The predicted molar refractivity (Wildman–Crippen MR) is 78.1 cm³/mol. The Hall–Kier alpha value is -0.580. The van der Waals surface area contributed by atoms with Crippen LogP contribution in [0.25, 0.3) is 0 Å². The van der Waals surface area contributed by atoms with Gasteiger partial charge in [0, 0.05) is 25.2 Å². The number of rotatable bonds is 5. The van der Waals surface area contributed by atoms with Crippen LogP contribution in [0.3, 0.4) is 0 Å². The lowest BCUT2D eigenvalue weighted by molar-refractivity contribution is 0.700. The second-order valence-corrected chi connectivity index (χ2v) is 5.12. The third-order valence-electron chi connectivity index (χ3n) is 2.45. The first-order valence-corrected chi connectivity index (χ1v) is 6.47. The molecule has 0 bridgehead atoms. The summed E-state index contributed by atoms with van der Waals surface area (Å²) in [5, 5.41) is 1.06. The minimum Gasteiger partial charge on any atom is -0.393 e. The molecule has 0 saturated carbocycles. The Bertz CT molecular complexity index is 412. The average Bonchev–Trinajstić information content (AvgIpc) is 2.26. The van der Waals surface area contributed by atoms with Gasteiger partial charge in [-0.2, -0.15) is 0 Å². The highest BCUT2D eigenvalue weighted by Gasteiger charge is 2.15. The molecule has 0 aliphatic heterocycles. The average molecular weight is 292 g/mol. The van der Waals surface area contributed by atoms with E-state index >= 15 is 0 Å². The highest BCUT2D eigenvalue weighted by molar-refractivity contribution is 7.80. The fraction of sp³-hybridized carbons (Fsp3) is 0.455. The molecule has 0 aliphatic rings. The van der Waals surface area contributed by atoms with Gasteiger partial charge in [0.25, 0.3) is 0 Å². The number of anilines is 1. The van der Waals surface area contributed by atoms with Crippen LogP contribution < -0.4 is 10.6 Å². The largest absolute Gasteiger partial charge is 0.393 e. The molecule has 0 spiro atoms. The number of halogens is 2. The van der Waals surface area contributed by atoms with Gasteiger partial charge in [0.1, 0.15) is 5.82 Å². The van der Waals surface area contributed by atoms with Gasteiger partial charge in [-0.05, 0) is 13.0 Å². The molecule has 1 heterocycles. The molecule has 0 amide bonds. The highest BCUT2D eigenvalue weighted by Crippen LogP contribution is 2.26. The summed E-state index contributed by atoms with van der Waals surface area (Å²) < 4.78 is 0. The molecular weight excluding hydrogens is 277 g/mol. The number of aromatic nitrogens is 1. The number of thiocarbonyl (C=S) groups is 1. The summed E-state index contributed by atoms with van der Waals surface area (Å²) in [6.07, 6.45) is 1.58. The van der Waals surface area contributed by atoms with Crippen LogP contribution >= 0.6 is 35.4 Å². The molecule has 6 heteroatoms. The van der Waals surface area contributed by atoms with Crippen molar-refractivity contribution in [3.63, 3.8) is 0 Å². The van der Waals surface area contributed by atoms with E-state index in [4.69, 9.17) is 41.2 Å². The van der Waals surface area contributed by atoms with Crippen LogP contribution in [-0.2, 0) is 0 Å². The Balaban J connectivity index is 2.90. The van der Waals surface area contributed by atoms with Crippen LogP contribution in [0.2, 0.25) is 10.0 Å². The van der Waals surface area contributed by atoms with Gasteiger partial charge in [-0.15, -0.1) is 0 Å². The van der Waals surface area contributed by atoms with Crippen molar-refractivity contribution in [1.29, 1.82) is 0 Å². The molecule has 2 N–H and O–H groups in total. The van der Waals surface area contributed by atoms with E-state index in [2.05, 4.69) is 4.98 Å². The number of hydrogen-bond acceptors (Lipinski definition) is 3. The number of nitrogens with zero attached hydrogens (tertiary/aromatic N) is 2. The minimum atomic E-state index is 0.110. The van der Waals surface area contributed by atoms with Crippen molar-refractivity contribution in [3.05, 3.63) is 22.3 Å². The van der Waals surface area contributed by atoms with E-state index < -0.39 is 0 Å². The first-order chi connectivity index (χ1) is 7.95. The van der Waals surface area contributed by atoms with Crippen molar-refractivity contribution >= 4 is 46.2 Å². The van der Waals surface area contributed by atoms with Crippen molar-refractivity contribution < 1.29 is 0 Å². The van der Waals surface area contributed by atoms with Gasteiger partial charge in [0.2, 0.25) is 0 Å². The van der Waals surface area contributed by atoms with E-state index in [-0.39, 0.29) is 5.92 Å². The molecule has 0 fully saturated rings. The molecule has 0 aliphatic carbocycles. The Morgan fingerprint density at radius 1 is 1.59 bits per heavy atom. The standard InChI is InChI=1S/C11H15Cl2N3S/c1-3-16(6-7(2)10(14)17)11-9(13)4-8(12)5-15-11/h4-5,7H,3,6H2,1-2H3,(H2,14,17). The molecule has 0 saturated heterocycles. The van der Waals surface area contributed by atoms with Crippen molar-refractivity contribution in [2.24, 2.45) is 11.7 Å². The molecular formula is C11H15Cl2N3S. The zero-order chi connectivity index (χ0) is 13.0. The van der Waals surface area contributed by atoms with Crippen LogP contribution in [0.15, 0.2) is 12.3 Å². The van der Waals surface area contributed by atoms with Crippen LogP contribution in [0.4, 0.5) is 5.82 Å². The molecule has 1 rings (SSSR count). The van der Waals surface area contributed by atoms with Gasteiger partial charge in [0.15, 0.2) is 0 Å². The van der Waals surface area contributed by atoms with E-state index in [1.54, 1.807) is 12.3 Å². The summed E-state index contributed by atoms with van der Waals surface area (Å²) in [4.78, 5) is 6.76. The Labute approximate surface area is 117 Å². The first-order valence-electron chi connectivity index (χ1n) is 5.31. The molecule has 1 atom stereocenters. The monoisotopic (exact) mass is 291 g/mol. The quantitative estimate of drug-likeness (QED) is 0.847. The van der Waals surface area contributed by atoms with E-state index in [0.717, 1.165) is 6.54 Å². The SMILES string of the molecule is CCN(CC(C)C(N)=S)c1ncc(Cl)cc1Cl. The zero-order valence-corrected chi connectivity index (χ0v) is 12.1. The molecule has 3 nitrogen and oxygen atoms in total. The third-order valence-corrected chi connectivity index (χ3v) is 3.34. The topological polar surface area (TPSA) is 42.1 Å². The summed E-state index contributed by atoms with van der Waals surface area (Å²) in [6, 6.07) is 1.68. The second-order valence-electron chi connectivity index (χ2n) is 3.80. The number of hydrogen-bond donors (Lipinski definition) is 1. The van der Waals surface area contributed by atoms with E-state index in [9.17, 15) is 0 Å². The van der Waals surface area contributed by atoms with Crippen molar-refractivity contribution in [3.8, 4) is 0 Å². The van der Waals surface area contributed by atoms with Gasteiger partial charge < -0.3 is 10.6 Å². The molecule has 1 aromatic heterocycles. The zero-order valence-electron chi connectivity index (χ0n) is 9.78. The molecule has 1 aromatic rings. The lowest BCUT2D eigenvalue weighted by Crippen LogP contribution is -2.34. The normalized spacial score (nSPS) is 12.2. The van der Waals surface area contributed by atoms with Crippen molar-refractivity contribution in [2.75, 3.05) is 18.0 Å². The fourth-order valence-electron chi connectivity index (χ4n) is 1.43. The third kappa shape index (κ3) is 3.98. The maximum atomic E-state index is 6.11. The Morgan fingerprint density at radius 3 is 2.71 bits per heavy atom. The van der Waals surface area contributed by atoms with Crippen LogP contribution in [0, 0.1) is 5.92 Å². The highest BCUT2D eigenvalue weighted by atomic mass is 35.5. The lowest BCUT2D eigenvalue weighted by Gasteiger charge is -2.25. The van der Waals surface area contributed by atoms with Crippen LogP contribution in [0.5, 0.6) is 0 Å².